The highest BCUT2D eigenvalue weighted by atomic mass is 16.3. The number of rotatable bonds is 3. The van der Waals surface area contributed by atoms with Gasteiger partial charge in [-0.05, 0) is 43.0 Å². The van der Waals surface area contributed by atoms with Gasteiger partial charge in [0.15, 0.2) is 0 Å². The highest BCUT2D eigenvalue weighted by Gasteiger charge is 2.42. The number of piperidine rings is 1. The molecule has 2 heterocycles. The lowest BCUT2D eigenvalue weighted by Gasteiger charge is -2.47. The van der Waals surface area contributed by atoms with Gasteiger partial charge in [-0.15, -0.1) is 0 Å². The lowest BCUT2D eigenvalue weighted by molar-refractivity contribution is -0.0967. The molecule has 0 radical (unpaired) electrons. The third kappa shape index (κ3) is 3.06. The van der Waals surface area contributed by atoms with Crippen LogP contribution in [-0.2, 0) is 6.54 Å². The number of likely N-dealkylation sites (tertiary alicyclic amines) is 1. The lowest BCUT2D eigenvalue weighted by Crippen LogP contribution is -2.52. The molecule has 1 aliphatic heterocycles. The van der Waals surface area contributed by atoms with Gasteiger partial charge in [-0.25, -0.2) is 4.68 Å². The molecule has 0 unspecified atom stereocenters. The fourth-order valence-corrected chi connectivity index (χ4v) is 4.26. The summed E-state index contributed by atoms with van der Waals surface area (Å²) in [4.78, 5) is 2.51. The van der Waals surface area contributed by atoms with E-state index in [2.05, 4.69) is 34.3 Å². The first kappa shape index (κ1) is 14.9. The summed E-state index contributed by atoms with van der Waals surface area (Å²) in [5, 5.41) is 15.1. The van der Waals surface area contributed by atoms with Crippen molar-refractivity contribution in [2.75, 3.05) is 13.1 Å². The molecule has 1 saturated carbocycles. The van der Waals surface area contributed by atoms with Crippen LogP contribution in [0.25, 0.3) is 5.69 Å². The third-order valence-corrected chi connectivity index (χ3v) is 5.60. The van der Waals surface area contributed by atoms with Gasteiger partial charge in [0, 0.05) is 37.9 Å². The van der Waals surface area contributed by atoms with Crippen LogP contribution in [0.5, 0.6) is 0 Å². The second-order valence-electron chi connectivity index (χ2n) is 7.15. The van der Waals surface area contributed by atoms with E-state index in [4.69, 9.17) is 0 Å². The third-order valence-electron chi connectivity index (χ3n) is 5.60. The molecule has 23 heavy (non-hydrogen) atoms. The molecule has 2 aliphatic rings. The molecule has 4 heteroatoms. The fraction of sp³-hybridized carbons (Fsp3) is 0.526. The lowest BCUT2D eigenvalue weighted by atomic mass is 9.71. The first-order valence-corrected chi connectivity index (χ1v) is 8.77. The average Bonchev–Trinajstić information content (AvgIpc) is 3.10. The number of hydrogen-bond donors (Lipinski definition) is 1. The number of aliphatic hydroxyl groups is 1. The molecule has 1 aliphatic carbocycles. The molecule has 1 aromatic heterocycles. The van der Waals surface area contributed by atoms with Gasteiger partial charge in [0.1, 0.15) is 0 Å². The molecule has 4 rings (SSSR count). The SMILES string of the molecule is O[C@]12CCCC[C@H]1CN(Cc1cccc(-n3cccn3)c1)CC2. The molecular weight excluding hydrogens is 286 g/mol. The Balaban J connectivity index is 1.46. The summed E-state index contributed by atoms with van der Waals surface area (Å²) < 4.78 is 1.90. The predicted molar refractivity (Wildman–Crippen MR) is 90.4 cm³/mol. The first-order valence-electron chi connectivity index (χ1n) is 8.77. The van der Waals surface area contributed by atoms with Crippen LogP contribution in [0, 0.1) is 5.92 Å². The van der Waals surface area contributed by atoms with Crippen LogP contribution in [0.1, 0.15) is 37.7 Å². The number of nitrogens with zero attached hydrogens (tertiary/aromatic N) is 3. The van der Waals surface area contributed by atoms with E-state index in [1.54, 1.807) is 6.20 Å². The van der Waals surface area contributed by atoms with Gasteiger partial charge in [-0.1, -0.05) is 25.0 Å². The van der Waals surface area contributed by atoms with Crippen molar-refractivity contribution < 1.29 is 5.11 Å². The Morgan fingerprint density at radius 3 is 3.04 bits per heavy atom. The number of hydrogen-bond acceptors (Lipinski definition) is 3. The highest BCUT2D eigenvalue weighted by molar-refractivity contribution is 5.35. The zero-order chi connectivity index (χ0) is 15.7. The molecule has 4 nitrogen and oxygen atoms in total. The Morgan fingerprint density at radius 2 is 2.17 bits per heavy atom. The molecule has 2 atom stereocenters. The summed E-state index contributed by atoms with van der Waals surface area (Å²) in [6.07, 6.45) is 9.36. The van der Waals surface area contributed by atoms with Gasteiger partial charge in [0.05, 0.1) is 11.3 Å². The maximum Gasteiger partial charge on any atom is 0.0700 e. The molecule has 2 aromatic rings. The van der Waals surface area contributed by atoms with E-state index in [1.807, 2.05) is 16.9 Å². The second-order valence-corrected chi connectivity index (χ2v) is 7.15. The van der Waals surface area contributed by atoms with Crippen molar-refractivity contribution in [1.82, 2.24) is 14.7 Å². The van der Waals surface area contributed by atoms with Crippen molar-refractivity contribution in [1.29, 1.82) is 0 Å². The molecule has 122 valence electrons. The van der Waals surface area contributed by atoms with Crippen LogP contribution >= 0.6 is 0 Å². The quantitative estimate of drug-likeness (QED) is 0.947. The van der Waals surface area contributed by atoms with Crippen molar-refractivity contribution in [3.63, 3.8) is 0 Å². The van der Waals surface area contributed by atoms with Crippen molar-refractivity contribution in [2.45, 2.75) is 44.2 Å². The standard InChI is InChI=1S/C19H25N3O/c23-19-8-2-1-6-17(19)15-21(12-9-19)14-16-5-3-7-18(13-16)22-11-4-10-20-22/h3-5,7,10-11,13,17,23H,1-2,6,8-9,12,14-15H2/t17-,19-/m0/s1. The summed E-state index contributed by atoms with van der Waals surface area (Å²) >= 11 is 0. The zero-order valence-electron chi connectivity index (χ0n) is 13.6. The molecule has 1 saturated heterocycles. The van der Waals surface area contributed by atoms with Crippen molar-refractivity contribution >= 4 is 0 Å². The summed E-state index contributed by atoms with van der Waals surface area (Å²) in [6.45, 7) is 2.99. The first-order chi connectivity index (χ1) is 11.2. The Hall–Kier alpha value is -1.65. The van der Waals surface area contributed by atoms with E-state index in [0.29, 0.717) is 5.92 Å². The molecule has 0 bridgehead atoms. The largest absolute Gasteiger partial charge is 0.390 e. The molecule has 2 fully saturated rings. The Labute approximate surface area is 137 Å². The maximum absolute atomic E-state index is 10.8. The van der Waals surface area contributed by atoms with Crippen LogP contribution in [0.4, 0.5) is 0 Å². The smallest absolute Gasteiger partial charge is 0.0700 e. The maximum atomic E-state index is 10.8. The van der Waals surface area contributed by atoms with Crippen molar-refractivity contribution in [3.8, 4) is 5.69 Å². The van der Waals surface area contributed by atoms with E-state index in [-0.39, 0.29) is 5.60 Å². The van der Waals surface area contributed by atoms with Crippen LogP contribution < -0.4 is 0 Å². The molecule has 0 amide bonds. The van der Waals surface area contributed by atoms with Crippen LogP contribution in [-0.4, -0.2) is 38.5 Å². The van der Waals surface area contributed by atoms with E-state index >= 15 is 0 Å². The van der Waals surface area contributed by atoms with Crippen LogP contribution in [0.2, 0.25) is 0 Å². The summed E-state index contributed by atoms with van der Waals surface area (Å²) in [5.41, 5.74) is 2.05. The van der Waals surface area contributed by atoms with E-state index in [0.717, 1.165) is 38.2 Å². The van der Waals surface area contributed by atoms with E-state index < -0.39 is 0 Å². The number of fused-ring (bicyclic) bond motifs is 1. The zero-order valence-corrected chi connectivity index (χ0v) is 13.6. The summed E-state index contributed by atoms with van der Waals surface area (Å²) in [5.74, 6) is 0.458. The van der Waals surface area contributed by atoms with Gasteiger partial charge < -0.3 is 5.11 Å². The minimum Gasteiger partial charge on any atom is -0.390 e. The van der Waals surface area contributed by atoms with Crippen LogP contribution in [0.3, 0.4) is 0 Å². The van der Waals surface area contributed by atoms with Gasteiger partial charge in [-0.2, -0.15) is 5.10 Å². The Morgan fingerprint density at radius 1 is 1.22 bits per heavy atom. The summed E-state index contributed by atoms with van der Waals surface area (Å²) in [7, 11) is 0. The monoisotopic (exact) mass is 311 g/mol. The molecule has 1 N–H and O–H groups in total. The van der Waals surface area contributed by atoms with E-state index in [1.165, 1.54) is 24.8 Å². The topological polar surface area (TPSA) is 41.3 Å². The number of benzene rings is 1. The highest BCUT2D eigenvalue weighted by Crippen LogP contribution is 2.40. The van der Waals surface area contributed by atoms with Crippen molar-refractivity contribution in [2.24, 2.45) is 5.92 Å². The Kier molecular flexibility index (Phi) is 3.95. The summed E-state index contributed by atoms with van der Waals surface area (Å²) in [6, 6.07) is 10.5. The van der Waals surface area contributed by atoms with Crippen LogP contribution in [0.15, 0.2) is 42.7 Å². The van der Waals surface area contributed by atoms with Gasteiger partial charge >= 0.3 is 0 Å². The average molecular weight is 311 g/mol. The number of aromatic nitrogens is 2. The van der Waals surface area contributed by atoms with Gasteiger partial charge in [0.25, 0.3) is 0 Å². The minimum absolute atomic E-state index is 0.383. The fourth-order valence-electron chi connectivity index (χ4n) is 4.26. The molecule has 0 spiro atoms. The van der Waals surface area contributed by atoms with E-state index in [9.17, 15) is 5.11 Å². The van der Waals surface area contributed by atoms with Crippen molar-refractivity contribution in [3.05, 3.63) is 48.3 Å². The molecular formula is C19H25N3O. The normalized spacial score (nSPS) is 28.5. The molecule has 1 aromatic carbocycles. The minimum atomic E-state index is -0.383. The van der Waals surface area contributed by atoms with Gasteiger partial charge in [0.2, 0.25) is 0 Å². The Bertz CT molecular complexity index is 654. The van der Waals surface area contributed by atoms with Gasteiger partial charge in [-0.3, -0.25) is 4.90 Å². The predicted octanol–water partition coefficient (Wildman–Crippen LogP) is 3.00. The second kappa shape index (κ2) is 6.10.